The molecule has 0 bridgehead atoms. The SMILES string of the molecule is COCCCNC(=O)C(C)Sc1nnc(-c2ccccc2Br)n1N. The van der Waals surface area contributed by atoms with Gasteiger partial charge < -0.3 is 15.9 Å². The van der Waals surface area contributed by atoms with Gasteiger partial charge in [-0.2, -0.15) is 0 Å². The quantitative estimate of drug-likeness (QED) is 0.390. The molecule has 1 aromatic heterocycles. The fourth-order valence-electron chi connectivity index (χ4n) is 1.97. The summed E-state index contributed by atoms with van der Waals surface area (Å²) >= 11 is 4.74. The zero-order valence-electron chi connectivity index (χ0n) is 13.5. The van der Waals surface area contributed by atoms with Crippen molar-refractivity contribution in [2.24, 2.45) is 0 Å². The number of nitrogens with zero attached hydrogens (tertiary/aromatic N) is 3. The van der Waals surface area contributed by atoms with Gasteiger partial charge in [-0.15, -0.1) is 10.2 Å². The van der Waals surface area contributed by atoms with Crippen LogP contribution in [0.25, 0.3) is 11.4 Å². The summed E-state index contributed by atoms with van der Waals surface area (Å²) in [5.74, 6) is 6.57. The number of benzene rings is 1. The molecule has 0 fully saturated rings. The zero-order valence-corrected chi connectivity index (χ0v) is 15.9. The molecule has 1 heterocycles. The van der Waals surface area contributed by atoms with E-state index in [0.717, 1.165) is 16.5 Å². The average Bonchev–Trinajstić information content (AvgIpc) is 2.92. The summed E-state index contributed by atoms with van der Waals surface area (Å²) in [6.45, 7) is 3.01. The topological polar surface area (TPSA) is 95.1 Å². The molecular formula is C15H20BrN5O2S. The molecule has 3 N–H and O–H groups in total. The number of thioether (sulfide) groups is 1. The van der Waals surface area contributed by atoms with Crippen molar-refractivity contribution < 1.29 is 9.53 Å². The number of hydrogen-bond donors (Lipinski definition) is 2. The summed E-state index contributed by atoms with van der Waals surface area (Å²) in [4.78, 5) is 12.1. The smallest absolute Gasteiger partial charge is 0.233 e. The van der Waals surface area contributed by atoms with Crippen LogP contribution in [-0.4, -0.2) is 46.3 Å². The minimum absolute atomic E-state index is 0.0680. The van der Waals surface area contributed by atoms with Gasteiger partial charge in [-0.3, -0.25) is 4.79 Å². The highest BCUT2D eigenvalue weighted by molar-refractivity contribution is 9.10. The molecular weight excluding hydrogens is 394 g/mol. The van der Waals surface area contributed by atoms with Crippen LogP contribution in [0.1, 0.15) is 13.3 Å². The molecule has 2 aromatic rings. The van der Waals surface area contributed by atoms with Gasteiger partial charge in [-0.1, -0.05) is 39.8 Å². The van der Waals surface area contributed by atoms with Crippen molar-refractivity contribution >= 4 is 33.6 Å². The number of aromatic nitrogens is 3. The Bertz CT molecular complexity index is 694. The first kappa shape index (κ1) is 18.8. The Hall–Kier alpha value is -1.58. The molecule has 9 heteroatoms. The molecule has 0 aliphatic carbocycles. The first-order valence-corrected chi connectivity index (χ1v) is 9.10. The number of halogens is 1. The van der Waals surface area contributed by atoms with Crippen LogP contribution in [0, 0.1) is 0 Å². The van der Waals surface area contributed by atoms with Crippen molar-refractivity contribution in [3.05, 3.63) is 28.7 Å². The number of nitrogen functional groups attached to an aromatic ring is 1. The number of nitrogens with two attached hydrogens (primary N) is 1. The third-order valence-corrected chi connectivity index (χ3v) is 5.00. The van der Waals surface area contributed by atoms with E-state index < -0.39 is 0 Å². The fraction of sp³-hybridized carbons (Fsp3) is 0.400. The Labute approximate surface area is 153 Å². The van der Waals surface area contributed by atoms with Gasteiger partial charge in [0.15, 0.2) is 5.82 Å². The average molecular weight is 414 g/mol. The standard InChI is InChI=1S/C15H20BrN5O2S/c1-10(14(22)18-8-5-9-23-2)24-15-20-19-13(21(15)17)11-6-3-4-7-12(11)16/h3-4,6-7,10H,5,8-9,17H2,1-2H3,(H,18,22). The number of amides is 1. The van der Waals surface area contributed by atoms with Gasteiger partial charge in [-0.05, 0) is 25.5 Å². The Morgan fingerprint density at radius 3 is 2.92 bits per heavy atom. The van der Waals surface area contributed by atoms with Crippen LogP contribution >= 0.6 is 27.7 Å². The van der Waals surface area contributed by atoms with Gasteiger partial charge in [0, 0.05) is 30.3 Å². The number of carbonyl (C=O) groups is 1. The predicted molar refractivity (Wildman–Crippen MR) is 98.1 cm³/mol. The fourth-order valence-corrected chi connectivity index (χ4v) is 3.22. The van der Waals surface area contributed by atoms with Gasteiger partial charge in [0.1, 0.15) is 0 Å². The molecule has 0 spiro atoms. The molecule has 0 aliphatic rings. The minimum atomic E-state index is -0.328. The Morgan fingerprint density at radius 2 is 2.21 bits per heavy atom. The van der Waals surface area contributed by atoms with E-state index in [1.54, 1.807) is 7.11 Å². The molecule has 0 radical (unpaired) electrons. The Balaban J connectivity index is 2.01. The normalized spacial score (nSPS) is 12.1. The highest BCUT2D eigenvalue weighted by Gasteiger charge is 2.20. The van der Waals surface area contributed by atoms with E-state index in [4.69, 9.17) is 10.6 Å². The van der Waals surface area contributed by atoms with Gasteiger partial charge in [0.25, 0.3) is 0 Å². The molecule has 1 aromatic carbocycles. The minimum Gasteiger partial charge on any atom is -0.385 e. The highest BCUT2D eigenvalue weighted by atomic mass is 79.9. The maximum atomic E-state index is 12.1. The number of nitrogens with one attached hydrogen (secondary N) is 1. The van der Waals surface area contributed by atoms with E-state index >= 15 is 0 Å². The van der Waals surface area contributed by atoms with Crippen molar-refractivity contribution in [2.75, 3.05) is 26.1 Å². The van der Waals surface area contributed by atoms with Crippen molar-refractivity contribution in [3.8, 4) is 11.4 Å². The zero-order chi connectivity index (χ0) is 17.5. The van der Waals surface area contributed by atoms with Crippen LogP contribution < -0.4 is 11.2 Å². The first-order valence-electron chi connectivity index (χ1n) is 7.43. The van der Waals surface area contributed by atoms with Gasteiger partial charge in [0.2, 0.25) is 11.1 Å². The van der Waals surface area contributed by atoms with E-state index in [1.165, 1.54) is 16.4 Å². The third kappa shape index (κ3) is 4.71. The first-order chi connectivity index (χ1) is 11.5. The maximum Gasteiger partial charge on any atom is 0.233 e. The summed E-state index contributed by atoms with van der Waals surface area (Å²) in [7, 11) is 1.64. The van der Waals surface area contributed by atoms with E-state index in [9.17, 15) is 4.79 Å². The number of ether oxygens (including phenoxy) is 1. The molecule has 1 amide bonds. The summed E-state index contributed by atoms with van der Waals surface area (Å²) in [5.41, 5.74) is 0.844. The van der Waals surface area contributed by atoms with E-state index in [1.807, 2.05) is 31.2 Å². The Kier molecular flexibility index (Phi) is 7.07. The largest absolute Gasteiger partial charge is 0.385 e. The van der Waals surface area contributed by atoms with Gasteiger partial charge in [0.05, 0.1) is 5.25 Å². The van der Waals surface area contributed by atoms with E-state index in [0.29, 0.717) is 24.1 Å². The lowest BCUT2D eigenvalue weighted by atomic mass is 10.2. The molecule has 24 heavy (non-hydrogen) atoms. The lowest BCUT2D eigenvalue weighted by Gasteiger charge is -2.11. The second-order valence-corrected chi connectivity index (χ2v) is 7.22. The molecule has 130 valence electrons. The van der Waals surface area contributed by atoms with E-state index in [-0.39, 0.29) is 11.2 Å². The lowest BCUT2D eigenvalue weighted by molar-refractivity contribution is -0.120. The van der Waals surface area contributed by atoms with Crippen LogP contribution in [0.5, 0.6) is 0 Å². The molecule has 2 rings (SSSR count). The number of hydrogen-bond acceptors (Lipinski definition) is 6. The number of methoxy groups -OCH3 is 1. The van der Waals surface area contributed by atoms with Crippen molar-refractivity contribution in [3.63, 3.8) is 0 Å². The molecule has 0 aliphatic heterocycles. The van der Waals surface area contributed by atoms with Crippen LogP contribution in [0.3, 0.4) is 0 Å². The number of carbonyl (C=O) groups excluding carboxylic acids is 1. The molecule has 1 unspecified atom stereocenters. The van der Waals surface area contributed by atoms with Gasteiger partial charge >= 0.3 is 0 Å². The van der Waals surface area contributed by atoms with Gasteiger partial charge in [-0.25, -0.2) is 4.68 Å². The number of rotatable bonds is 8. The van der Waals surface area contributed by atoms with Crippen LogP contribution in [0.4, 0.5) is 0 Å². The summed E-state index contributed by atoms with van der Waals surface area (Å²) < 4.78 is 7.23. The predicted octanol–water partition coefficient (Wildman–Crippen LogP) is 2.05. The van der Waals surface area contributed by atoms with Crippen LogP contribution in [0.2, 0.25) is 0 Å². The van der Waals surface area contributed by atoms with Crippen molar-refractivity contribution in [2.45, 2.75) is 23.8 Å². The summed E-state index contributed by atoms with van der Waals surface area (Å²) in [5, 5.41) is 11.2. The molecule has 0 saturated carbocycles. The monoisotopic (exact) mass is 413 g/mol. The highest BCUT2D eigenvalue weighted by Crippen LogP contribution is 2.29. The second-order valence-electron chi connectivity index (χ2n) is 5.05. The molecule has 1 atom stereocenters. The molecule has 0 saturated heterocycles. The molecule has 7 nitrogen and oxygen atoms in total. The lowest BCUT2D eigenvalue weighted by Crippen LogP contribution is -2.32. The third-order valence-electron chi connectivity index (χ3n) is 3.26. The Morgan fingerprint density at radius 1 is 1.46 bits per heavy atom. The van der Waals surface area contributed by atoms with Crippen molar-refractivity contribution in [1.29, 1.82) is 0 Å². The van der Waals surface area contributed by atoms with Crippen LogP contribution in [0.15, 0.2) is 33.9 Å². The maximum absolute atomic E-state index is 12.1. The van der Waals surface area contributed by atoms with Crippen molar-refractivity contribution in [1.82, 2.24) is 20.2 Å². The second kappa shape index (κ2) is 9.05. The summed E-state index contributed by atoms with van der Waals surface area (Å²) in [6, 6.07) is 7.62. The van der Waals surface area contributed by atoms with E-state index in [2.05, 4.69) is 31.4 Å². The van der Waals surface area contributed by atoms with Crippen LogP contribution in [-0.2, 0) is 9.53 Å². The summed E-state index contributed by atoms with van der Waals surface area (Å²) in [6.07, 6.45) is 0.777.